The van der Waals surface area contributed by atoms with Crippen molar-refractivity contribution in [2.24, 2.45) is 5.92 Å². The predicted octanol–water partition coefficient (Wildman–Crippen LogP) is 5.79. The van der Waals surface area contributed by atoms with Crippen molar-refractivity contribution in [1.29, 1.82) is 0 Å². The van der Waals surface area contributed by atoms with Crippen LogP contribution in [0.25, 0.3) is 0 Å². The van der Waals surface area contributed by atoms with E-state index in [2.05, 4.69) is 0 Å². The zero-order valence-corrected chi connectivity index (χ0v) is 20.9. The van der Waals surface area contributed by atoms with E-state index in [1.54, 1.807) is 6.07 Å². The molecule has 1 aromatic heterocycles. The summed E-state index contributed by atoms with van der Waals surface area (Å²) in [6.07, 6.45) is 7.83. The molecule has 1 aliphatic heterocycles. The van der Waals surface area contributed by atoms with E-state index >= 15 is 0 Å². The van der Waals surface area contributed by atoms with Gasteiger partial charge in [0.15, 0.2) is 17.2 Å². The summed E-state index contributed by atoms with van der Waals surface area (Å²) in [6.45, 7) is 0.436. The molecule has 2 fully saturated rings. The number of halogens is 1. The van der Waals surface area contributed by atoms with Crippen molar-refractivity contribution in [3.05, 3.63) is 34.2 Å². The van der Waals surface area contributed by atoms with Crippen molar-refractivity contribution >= 4 is 35.3 Å². The van der Waals surface area contributed by atoms with Crippen molar-refractivity contribution in [3.8, 4) is 11.5 Å². The van der Waals surface area contributed by atoms with E-state index in [1.165, 1.54) is 11.8 Å². The SMILES string of the molecule is O=C(O)C[C@H]1CC[C@H](Sc2nc(C3CCCC3)n(Cc3cc4c(cc3Cl)OCO4)c2C(=O)O)CC1. The molecule has 35 heavy (non-hydrogen) atoms. The third-order valence-corrected chi connectivity index (χ3v) is 8.96. The second-order valence-corrected chi connectivity index (χ2v) is 11.3. The van der Waals surface area contributed by atoms with Gasteiger partial charge in [0, 0.05) is 28.7 Å². The Morgan fingerprint density at radius 3 is 2.40 bits per heavy atom. The average molecular weight is 521 g/mol. The quantitative estimate of drug-likeness (QED) is 0.449. The van der Waals surface area contributed by atoms with Crippen molar-refractivity contribution in [3.63, 3.8) is 0 Å². The molecule has 5 rings (SSSR count). The number of carboxylic acid groups (broad SMARTS) is 2. The van der Waals surface area contributed by atoms with Gasteiger partial charge in [-0.15, -0.1) is 11.8 Å². The molecule has 0 bridgehead atoms. The fourth-order valence-electron chi connectivity index (χ4n) is 5.50. The first kappa shape index (κ1) is 24.3. The predicted molar refractivity (Wildman–Crippen MR) is 131 cm³/mol. The summed E-state index contributed by atoms with van der Waals surface area (Å²) < 4.78 is 12.8. The molecule has 2 N–H and O–H groups in total. The highest BCUT2D eigenvalue weighted by Gasteiger charge is 2.32. The Morgan fingerprint density at radius 1 is 1.06 bits per heavy atom. The van der Waals surface area contributed by atoms with Crippen molar-refractivity contribution < 1.29 is 29.3 Å². The van der Waals surface area contributed by atoms with Crippen LogP contribution in [-0.4, -0.2) is 43.7 Å². The molecule has 0 saturated heterocycles. The van der Waals surface area contributed by atoms with Crippen LogP contribution in [0.1, 0.15) is 85.6 Å². The number of benzene rings is 1. The van der Waals surface area contributed by atoms with Gasteiger partial charge in [-0.25, -0.2) is 9.78 Å². The van der Waals surface area contributed by atoms with Gasteiger partial charge in [-0.1, -0.05) is 24.4 Å². The van der Waals surface area contributed by atoms with Crippen LogP contribution < -0.4 is 9.47 Å². The number of rotatable bonds is 8. The Bertz CT molecular complexity index is 1120. The molecule has 2 saturated carbocycles. The Kier molecular flexibility index (Phi) is 7.16. The highest BCUT2D eigenvalue weighted by atomic mass is 35.5. The molecule has 8 nitrogen and oxygen atoms in total. The van der Waals surface area contributed by atoms with Crippen LogP contribution in [-0.2, 0) is 11.3 Å². The normalized spacial score (nSPS) is 22.0. The zero-order chi connectivity index (χ0) is 24.5. The Labute approximate surface area is 213 Å². The van der Waals surface area contributed by atoms with E-state index < -0.39 is 11.9 Å². The van der Waals surface area contributed by atoms with Gasteiger partial charge >= 0.3 is 11.9 Å². The molecule has 3 aliphatic rings. The number of thioether (sulfide) groups is 1. The average Bonchev–Trinajstić information content (AvgIpc) is 3.55. The largest absolute Gasteiger partial charge is 0.481 e. The van der Waals surface area contributed by atoms with E-state index in [9.17, 15) is 14.7 Å². The summed E-state index contributed by atoms with van der Waals surface area (Å²) in [5.41, 5.74) is 0.971. The third-order valence-electron chi connectivity index (χ3n) is 7.29. The van der Waals surface area contributed by atoms with Gasteiger partial charge in [-0.3, -0.25) is 4.79 Å². The van der Waals surface area contributed by atoms with Crippen LogP contribution in [0.5, 0.6) is 11.5 Å². The molecule has 2 aromatic rings. The van der Waals surface area contributed by atoms with Gasteiger partial charge in [-0.2, -0.15) is 0 Å². The van der Waals surface area contributed by atoms with Crippen molar-refractivity contribution in [2.75, 3.05) is 6.79 Å². The van der Waals surface area contributed by atoms with Crippen LogP contribution in [0.4, 0.5) is 0 Å². The molecule has 0 unspecified atom stereocenters. The first-order chi connectivity index (χ1) is 16.9. The van der Waals surface area contributed by atoms with Gasteiger partial charge in [0.05, 0.1) is 6.54 Å². The van der Waals surface area contributed by atoms with Gasteiger partial charge in [0.25, 0.3) is 0 Å². The van der Waals surface area contributed by atoms with E-state index in [-0.39, 0.29) is 36.0 Å². The summed E-state index contributed by atoms with van der Waals surface area (Å²) >= 11 is 8.08. The number of ether oxygens (including phenoxy) is 2. The monoisotopic (exact) mass is 520 g/mol. The second-order valence-electron chi connectivity index (χ2n) is 9.65. The van der Waals surface area contributed by atoms with Crippen molar-refractivity contribution in [1.82, 2.24) is 9.55 Å². The Morgan fingerprint density at radius 2 is 1.74 bits per heavy atom. The summed E-state index contributed by atoms with van der Waals surface area (Å²) in [5, 5.41) is 20.6. The van der Waals surface area contributed by atoms with Gasteiger partial charge in [0.2, 0.25) is 6.79 Å². The van der Waals surface area contributed by atoms with Crippen LogP contribution in [0.3, 0.4) is 0 Å². The zero-order valence-electron chi connectivity index (χ0n) is 19.4. The minimum absolute atomic E-state index is 0.142. The number of imidazole rings is 1. The maximum atomic E-state index is 12.5. The number of aromatic carboxylic acids is 1. The molecular formula is C25H29ClN2O6S. The number of carbonyl (C=O) groups is 2. The number of hydrogen-bond acceptors (Lipinski definition) is 6. The lowest BCUT2D eigenvalue weighted by atomic mass is 9.87. The molecule has 0 spiro atoms. The summed E-state index contributed by atoms with van der Waals surface area (Å²) in [4.78, 5) is 28.5. The number of aromatic nitrogens is 2. The van der Waals surface area contributed by atoms with E-state index in [0.717, 1.165) is 62.8 Å². The minimum atomic E-state index is -0.999. The summed E-state index contributed by atoms with van der Waals surface area (Å²) in [5.74, 6) is 0.683. The smallest absolute Gasteiger partial charge is 0.355 e. The fourth-order valence-corrected chi connectivity index (χ4v) is 6.99. The number of carboxylic acids is 2. The molecule has 0 atom stereocenters. The van der Waals surface area contributed by atoms with Crippen LogP contribution in [0, 0.1) is 5.92 Å². The van der Waals surface area contributed by atoms with Crippen molar-refractivity contribution in [2.45, 2.75) is 80.5 Å². The summed E-state index contributed by atoms with van der Waals surface area (Å²) in [6, 6.07) is 3.54. The molecular weight excluding hydrogens is 492 g/mol. The third kappa shape index (κ3) is 5.26. The first-order valence-corrected chi connectivity index (χ1v) is 13.4. The van der Waals surface area contributed by atoms with E-state index in [4.69, 9.17) is 31.2 Å². The lowest BCUT2D eigenvalue weighted by molar-refractivity contribution is -0.138. The van der Waals surface area contributed by atoms with Crippen LogP contribution >= 0.6 is 23.4 Å². The summed E-state index contributed by atoms with van der Waals surface area (Å²) in [7, 11) is 0. The number of fused-ring (bicyclic) bond motifs is 1. The lowest BCUT2D eigenvalue weighted by Gasteiger charge is -2.26. The molecule has 10 heteroatoms. The Hall–Kier alpha value is -2.39. The van der Waals surface area contributed by atoms with Gasteiger partial charge in [0.1, 0.15) is 10.9 Å². The molecule has 188 valence electrons. The molecule has 2 aliphatic carbocycles. The van der Waals surface area contributed by atoms with Crippen LogP contribution in [0.2, 0.25) is 5.02 Å². The molecule has 0 radical (unpaired) electrons. The number of hydrogen-bond donors (Lipinski definition) is 2. The maximum absolute atomic E-state index is 12.5. The molecule has 0 amide bonds. The molecule has 2 heterocycles. The number of nitrogens with zero attached hydrogens (tertiary/aromatic N) is 2. The maximum Gasteiger partial charge on any atom is 0.355 e. The lowest BCUT2D eigenvalue weighted by Crippen LogP contribution is -2.19. The number of aliphatic carboxylic acids is 1. The minimum Gasteiger partial charge on any atom is -0.481 e. The first-order valence-electron chi connectivity index (χ1n) is 12.2. The highest BCUT2D eigenvalue weighted by molar-refractivity contribution is 7.99. The van der Waals surface area contributed by atoms with Gasteiger partial charge in [-0.05, 0) is 56.1 Å². The molecule has 1 aromatic carbocycles. The Balaban J connectivity index is 1.44. The standard InChI is InChI=1S/C25H29ClN2O6S/c26-18-11-20-19(33-13-34-20)10-16(18)12-28-22(25(31)32)24(27-23(28)15-3-1-2-4-15)35-17-7-5-14(6-8-17)9-21(29)30/h10-11,14-15,17H,1-9,12-13H2,(H,29,30)(H,31,32)/t14-,17-. The van der Waals surface area contributed by atoms with Crippen LogP contribution in [0.15, 0.2) is 17.2 Å². The highest BCUT2D eigenvalue weighted by Crippen LogP contribution is 2.42. The van der Waals surface area contributed by atoms with E-state index in [0.29, 0.717) is 28.1 Å². The fraction of sp³-hybridized carbons (Fsp3) is 0.560. The van der Waals surface area contributed by atoms with E-state index in [1.807, 2.05) is 10.6 Å². The topological polar surface area (TPSA) is 111 Å². The second kappa shape index (κ2) is 10.3. The van der Waals surface area contributed by atoms with Gasteiger partial charge < -0.3 is 24.3 Å².